The van der Waals surface area contributed by atoms with Crippen LogP contribution in [0.1, 0.15) is 29.9 Å². The fourth-order valence-electron chi connectivity index (χ4n) is 3.23. The fourth-order valence-corrected chi connectivity index (χ4v) is 3.23. The predicted molar refractivity (Wildman–Crippen MR) is 89.6 cm³/mol. The zero-order chi connectivity index (χ0) is 16.3. The van der Waals surface area contributed by atoms with Crippen LogP contribution in [0.15, 0.2) is 61.9 Å². The average Bonchev–Trinajstić information content (AvgIpc) is 3.13. The fraction of sp³-hybridized carbons (Fsp3) is 0.105. The first kappa shape index (κ1) is 13.2. The van der Waals surface area contributed by atoms with Gasteiger partial charge >= 0.3 is 5.76 Å². The van der Waals surface area contributed by atoms with Crippen molar-refractivity contribution < 1.29 is 13.6 Å². The molecule has 0 saturated heterocycles. The van der Waals surface area contributed by atoms with Crippen LogP contribution in [-0.2, 0) is 4.74 Å². The third kappa shape index (κ3) is 1.91. The Bertz CT molecular complexity index is 1140. The van der Waals surface area contributed by atoms with E-state index in [0.29, 0.717) is 11.1 Å². The smallest absolute Gasteiger partial charge is 0.417 e. The van der Waals surface area contributed by atoms with E-state index in [9.17, 15) is 4.79 Å². The number of hydrogen-bond acceptors (Lipinski definition) is 4. The number of fused-ring (bicyclic) bond motifs is 3. The van der Waals surface area contributed by atoms with Crippen molar-refractivity contribution in [3.8, 4) is 0 Å². The number of oxazole rings is 1. The third-order valence-electron chi connectivity index (χ3n) is 4.27. The van der Waals surface area contributed by atoms with Crippen molar-refractivity contribution in [2.75, 3.05) is 0 Å². The quantitative estimate of drug-likeness (QED) is 0.566. The van der Waals surface area contributed by atoms with Crippen LogP contribution >= 0.6 is 0 Å². The van der Waals surface area contributed by atoms with Gasteiger partial charge in [0.15, 0.2) is 17.4 Å². The first-order valence-corrected chi connectivity index (χ1v) is 7.67. The second-order valence-electron chi connectivity index (χ2n) is 5.93. The Balaban J connectivity index is 1.74. The lowest BCUT2D eigenvalue weighted by Crippen LogP contribution is -2.10. The molecule has 5 heteroatoms. The summed E-state index contributed by atoms with van der Waals surface area (Å²) >= 11 is 0. The van der Waals surface area contributed by atoms with Gasteiger partial charge < -0.3 is 13.6 Å². The Morgan fingerprint density at radius 3 is 2.79 bits per heavy atom. The molecule has 0 saturated carbocycles. The number of hydrogen-bond donors (Lipinski definition) is 1. The molecule has 0 fully saturated rings. The van der Waals surface area contributed by atoms with Crippen molar-refractivity contribution in [2.24, 2.45) is 0 Å². The second kappa shape index (κ2) is 4.64. The molecule has 3 heterocycles. The van der Waals surface area contributed by atoms with Crippen LogP contribution < -0.4 is 5.76 Å². The number of rotatable bonds is 1. The summed E-state index contributed by atoms with van der Waals surface area (Å²) in [6.45, 7) is 1.90. The largest absolute Gasteiger partial charge is 0.482 e. The first-order chi connectivity index (χ1) is 11.7. The van der Waals surface area contributed by atoms with Gasteiger partial charge in [0.05, 0.1) is 11.3 Å². The molecule has 0 aliphatic carbocycles. The topological polar surface area (TPSA) is 68.4 Å². The van der Waals surface area contributed by atoms with Gasteiger partial charge in [0.2, 0.25) is 0 Å². The average molecular weight is 319 g/mol. The van der Waals surface area contributed by atoms with Gasteiger partial charge in [0.25, 0.3) is 0 Å². The van der Waals surface area contributed by atoms with Gasteiger partial charge in [0.1, 0.15) is 5.58 Å². The summed E-state index contributed by atoms with van der Waals surface area (Å²) in [5, 5.41) is 1.03. The number of nitrogens with one attached hydrogen (secondary N) is 1. The van der Waals surface area contributed by atoms with E-state index in [-0.39, 0.29) is 6.10 Å². The minimum atomic E-state index is -0.464. The molecule has 1 atom stereocenters. The van der Waals surface area contributed by atoms with Crippen molar-refractivity contribution >= 4 is 28.1 Å². The Hall–Kier alpha value is -3.21. The highest BCUT2D eigenvalue weighted by atomic mass is 16.5. The molecular formula is C19H13NO4. The lowest BCUT2D eigenvalue weighted by molar-refractivity contribution is 0.130. The molecule has 5 rings (SSSR count). The monoisotopic (exact) mass is 319 g/mol. The first-order valence-electron chi connectivity index (χ1n) is 7.67. The molecular weight excluding hydrogens is 306 g/mol. The predicted octanol–water partition coefficient (Wildman–Crippen LogP) is 4.35. The Morgan fingerprint density at radius 1 is 1.04 bits per heavy atom. The van der Waals surface area contributed by atoms with Crippen LogP contribution in [0.3, 0.4) is 0 Å². The zero-order valence-electron chi connectivity index (χ0n) is 12.8. The Kier molecular flexibility index (Phi) is 2.56. The summed E-state index contributed by atoms with van der Waals surface area (Å²) < 4.78 is 17.2. The van der Waals surface area contributed by atoms with Crippen LogP contribution in [-0.4, -0.2) is 4.98 Å². The van der Waals surface area contributed by atoms with Gasteiger partial charge in [-0.05, 0) is 42.8 Å². The molecule has 118 valence electrons. The Labute approximate surface area is 136 Å². The molecule has 0 amide bonds. The number of aromatic nitrogens is 1. The summed E-state index contributed by atoms with van der Waals surface area (Å²) in [4.78, 5) is 14.1. The van der Waals surface area contributed by atoms with Crippen LogP contribution in [0.4, 0.5) is 0 Å². The van der Waals surface area contributed by atoms with Crippen LogP contribution in [0.2, 0.25) is 0 Å². The summed E-state index contributed by atoms with van der Waals surface area (Å²) in [6, 6.07) is 13.6. The van der Waals surface area contributed by atoms with Crippen molar-refractivity contribution in [1.82, 2.24) is 4.98 Å². The lowest BCUT2D eigenvalue weighted by atomic mass is 9.97. The molecule has 1 unspecified atom stereocenters. The highest BCUT2D eigenvalue weighted by molar-refractivity contribution is 5.80. The molecule has 1 aliphatic rings. The van der Waals surface area contributed by atoms with Gasteiger partial charge in [-0.25, -0.2) is 4.79 Å². The molecule has 2 aromatic carbocycles. The zero-order valence-corrected chi connectivity index (χ0v) is 12.8. The SMILES string of the molecule is CC1=Cc2cc3[nH]c(=O)oc3cc2C(c2cc3ccccc3o2)O1. The second-order valence-corrected chi connectivity index (χ2v) is 5.93. The molecule has 1 N–H and O–H groups in total. The van der Waals surface area contributed by atoms with E-state index in [4.69, 9.17) is 13.6 Å². The van der Waals surface area contributed by atoms with E-state index in [2.05, 4.69) is 4.98 Å². The minimum Gasteiger partial charge on any atom is -0.482 e. The molecule has 5 nitrogen and oxygen atoms in total. The maximum atomic E-state index is 11.4. The van der Waals surface area contributed by atoms with Crippen molar-refractivity contribution in [2.45, 2.75) is 13.0 Å². The maximum Gasteiger partial charge on any atom is 0.417 e. The van der Waals surface area contributed by atoms with Gasteiger partial charge in [-0.15, -0.1) is 0 Å². The lowest BCUT2D eigenvalue weighted by Gasteiger charge is -2.24. The maximum absolute atomic E-state index is 11.4. The van der Waals surface area contributed by atoms with Crippen LogP contribution in [0, 0.1) is 0 Å². The van der Waals surface area contributed by atoms with Gasteiger partial charge in [-0.3, -0.25) is 4.98 Å². The van der Waals surface area contributed by atoms with Crippen LogP contribution in [0.5, 0.6) is 0 Å². The number of H-pyrrole nitrogens is 1. The van der Waals surface area contributed by atoms with Crippen molar-refractivity contribution in [3.63, 3.8) is 0 Å². The third-order valence-corrected chi connectivity index (χ3v) is 4.27. The van der Waals surface area contributed by atoms with Gasteiger partial charge in [0, 0.05) is 10.9 Å². The highest BCUT2D eigenvalue weighted by Crippen LogP contribution is 2.39. The highest BCUT2D eigenvalue weighted by Gasteiger charge is 2.27. The number of allylic oxidation sites excluding steroid dienone is 1. The van der Waals surface area contributed by atoms with E-state index in [1.807, 2.05) is 55.5 Å². The number of furan rings is 1. The van der Waals surface area contributed by atoms with Gasteiger partial charge in [-0.1, -0.05) is 18.2 Å². The van der Waals surface area contributed by atoms with Gasteiger partial charge in [-0.2, -0.15) is 0 Å². The molecule has 4 aromatic rings. The van der Waals surface area contributed by atoms with Crippen LogP contribution in [0.25, 0.3) is 28.1 Å². The molecule has 0 radical (unpaired) electrons. The standard InChI is InChI=1S/C19H13NO4/c1-10-6-12-7-14-16(24-19(21)20-14)9-13(12)18(22-10)17-8-11-4-2-3-5-15(11)23-17/h2-9,18H,1H3,(H,20,21). The number of benzene rings is 2. The molecule has 0 spiro atoms. The van der Waals surface area contributed by atoms with E-state index < -0.39 is 5.76 Å². The molecule has 1 aliphatic heterocycles. The van der Waals surface area contributed by atoms with E-state index in [1.54, 1.807) is 0 Å². The minimum absolute atomic E-state index is 0.373. The van der Waals surface area contributed by atoms with E-state index in [0.717, 1.165) is 33.6 Å². The number of aromatic amines is 1. The number of ether oxygens (including phenoxy) is 1. The van der Waals surface area contributed by atoms with Crippen molar-refractivity contribution in [3.05, 3.63) is 75.7 Å². The summed E-state index contributed by atoms with van der Waals surface area (Å²) in [7, 11) is 0. The van der Waals surface area contributed by atoms with E-state index >= 15 is 0 Å². The summed E-state index contributed by atoms with van der Waals surface area (Å²) in [5.41, 5.74) is 3.90. The van der Waals surface area contributed by atoms with Crippen molar-refractivity contribution in [1.29, 1.82) is 0 Å². The summed E-state index contributed by atoms with van der Waals surface area (Å²) in [6.07, 6.45) is 1.57. The summed E-state index contributed by atoms with van der Waals surface area (Å²) in [5.74, 6) is 1.05. The number of para-hydroxylation sites is 1. The normalized spacial score (nSPS) is 16.9. The molecule has 2 aromatic heterocycles. The molecule has 24 heavy (non-hydrogen) atoms. The Morgan fingerprint density at radius 2 is 1.92 bits per heavy atom. The van der Waals surface area contributed by atoms with E-state index in [1.165, 1.54) is 0 Å². The molecule has 0 bridgehead atoms.